The second-order valence-corrected chi connectivity index (χ2v) is 3.71. The lowest BCUT2D eigenvalue weighted by atomic mass is 9.94. The molecule has 1 aromatic rings. The van der Waals surface area contributed by atoms with Crippen LogP contribution in [0.15, 0.2) is 6.20 Å². The van der Waals surface area contributed by atoms with E-state index in [1.165, 1.54) is 14.2 Å². The first kappa shape index (κ1) is 13.5. The minimum atomic E-state index is -4.85. The maximum atomic E-state index is 12.6. The maximum absolute atomic E-state index is 12.6. The van der Waals surface area contributed by atoms with E-state index in [9.17, 15) is 18.0 Å². The summed E-state index contributed by atoms with van der Waals surface area (Å²) in [5.41, 5.74) is 1.76. The van der Waals surface area contributed by atoms with Gasteiger partial charge in [-0.15, -0.1) is 0 Å². The fourth-order valence-corrected chi connectivity index (χ4v) is 1.20. The van der Waals surface area contributed by atoms with Crippen LogP contribution in [0.1, 0.15) is 17.4 Å². The van der Waals surface area contributed by atoms with Gasteiger partial charge in [0, 0.05) is 7.05 Å². The Kier molecular flexibility index (Phi) is 3.19. The molecular formula is C9H12F3N3O2. The van der Waals surface area contributed by atoms with E-state index in [-0.39, 0.29) is 11.4 Å². The van der Waals surface area contributed by atoms with Gasteiger partial charge in [-0.1, -0.05) is 0 Å². The Morgan fingerprint density at radius 1 is 1.53 bits per heavy atom. The molecule has 0 aliphatic rings. The Morgan fingerprint density at radius 2 is 2.06 bits per heavy atom. The average molecular weight is 251 g/mol. The summed E-state index contributed by atoms with van der Waals surface area (Å²) in [5, 5.41) is 3.65. The van der Waals surface area contributed by atoms with Crippen LogP contribution < -0.4 is 10.5 Å². The largest absolute Gasteiger partial charge is 0.493 e. The van der Waals surface area contributed by atoms with E-state index >= 15 is 0 Å². The predicted octanol–water partition coefficient (Wildman–Crippen LogP) is 0.891. The lowest BCUT2D eigenvalue weighted by Crippen LogP contribution is -2.57. The predicted molar refractivity (Wildman–Crippen MR) is 52.7 cm³/mol. The Morgan fingerprint density at radius 3 is 2.47 bits per heavy atom. The van der Waals surface area contributed by atoms with E-state index in [4.69, 9.17) is 10.5 Å². The van der Waals surface area contributed by atoms with Gasteiger partial charge in [-0.3, -0.25) is 9.48 Å². The number of halogens is 3. The maximum Gasteiger partial charge on any atom is 0.413 e. The number of Topliss-reactive ketones (excluding diaryl/α,β-unsaturated/α-hetero) is 1. The molecule has 0 radical (unpaired) electrons. The quantitative estimate of drug-likeness (QED) is 0.810. The highest BCUT2D eigenvalue weighted by molar-refractivity contribution is 6.04. The van der Waals surface area contributed by atoms with Gasteiger partial charge in [0.1, 0.15) is 5.69 Å². The molecule has 0 spiro atoms. The normalized spacial score (nSPS) is 15.5. The molecule has 0 aromatic carbocycles. The second kappa shape index (κ2) is 4.02. The lowest BCUT2D eigenvalue weighted by Gasteiger charge is -2.25. The summed E-state index contributed by atoms with van der Waals surface area (Å²) in [6, 6.07) is 0. The van der Waals surface area contributed by atoms with Gasteiger partial charge < -0.3 is 10.5 Å². The highest BCUT2D eigenvalue weighted by Crippen LogP contribution is 2.32. The van der Waals surface area contributed by atoms with Crippen LogP contribution >= 0.6 is 0 Å². The molecular weight excluding hydrogens is 239 g/mol. The molecule has 1 atom stereocenters. The smallest absolute Gasteiger partial charge is 0.413 e. The molecule has 5 nitrogen and oxygen atoms in total. The van der Waals surface area contributed by atoms with Crippen LogP contribution in [0.4, 0.5) is 13.2 Å². The highest BCUT2D eigenvalue weighted by atomic mass is 19.4. The zero-order valence-corrected chi connectivity index (χ0v) is 9.50. The summed E-state index contributed by atoms with van der Waals surface area (Å²) < 4.78 is 43.6. The third kappa shape index (κ3) is 2.12. The molecule has 8 heteroatoms. The van der Waals surface area contributed by atoms with E-state index in [0.717, 1.165) is 10.9 Å². The molecule has 0 bridgehead atoms. The number of aromatic nitrogens is 2. The van der Waals surface area contributed by atoms with Gasteiger partial charge in [-0.2, -0.15) is 18.3 Å². The molecule has 1 aromatic heterocycles. The van der Waals surface area contributed by atoms with Crippen molar-refractivity contribution in [3.05, 3.63) is 11.9 Å². The number of hydrogen-bond donors (Lipinski definition) is 1. The first-order valence-electron chi connectivity index (χ1n) is 4.59. The minimum absolute atomic E-state index is 0.0431. The number of nitrogens with two attached hydrogens (primary N) is 1. The molecule has 0 fully saturated rings. The van der Waals surface area contributed by atoms with E-state index in [1.54, 1.807) is 0 Å². The van der Waals surface area contributed by atoms with Crippen LogP contribution in [0.25, 0.3) is 0 Å². The number of carbonyl (C=O) groups excluding carboxylic acids is 1. The zero-order chi connectivity index (χ0) is 13.4. The Hall–Kier alpha value is -1.57. The summed E-state index contributed by atoms with van der Waals surface area (Å²) in [7, 11) is 2.57. The van der Waals surface area contributed by atoms with Crippen molar-refractivity contribution in [3.63, 3.8) is 0 Å². The molecule has 0 aliphatic heterocycles. The number of rotatable bonds is 3. The number of methoxy groups -OCH3 is 1. The summed E-state index contributed by atoms with van der Waals surface area (Å²) in [5.74, 6) is -1.33. The average Bonchev–Trinajstić information content (AvgIpc) is 2.56. The number of aryl methyl sites for hydroxylation is 1. The molecule has 1 unspecified atom stereocenters. The Labute approximate surface area is 95.3 Å². The highest BCUT2D eigenvalue weighted by Gasteiger charge is 2.55. The number of ketones is 1. The molecule has 96 valence electrons. The summed E-state index contributed by atoms with van der Waals surface area (Å²) in [6.45, 7) is 0.613. The molecule has 1 rings (SSSR count). The second-order valence-electron chi connectivity index (χ2n) is 3.71. The Balaban J connectivity index is 3.26. The van der Waals surface area contributed by atoms with Gasteiger partial charge in [-0.25, -0.2) is 0 Å². The standard InChI is InChI=1S/C9H12F3N3O2/c1-8(13,9(10,11)12)7(16)6-5(17-3)4-14-15(6)2/h4H,13H2,1-3H3. The first-order valence-corrected chi connectivity index (χ1v) is 4.59. The summed E-state index contributed by atoms with van der Waals surface area (Å²) in [6.07, 6.45) is -3.70. The van der Waals surface area contributed by atoms with Crippen LogP contribution in [-0.4, -0.2) is 34.4 Å². The fourth-order valence-electron chi connectivity index (χ4n) is 1.20. The van der Waals surface area contributed by atoms with Crippen LogP contribution in [-0.2, 0) is 7.05 Å². The van der Waals surface area contributed by atoms with E-state index in [0.29, 0.717) is 6.92 Å². The van der Waals surface area contributed by atoms with E-state index in [2.05, 4.69) is 5.10 Å². The van der Waals surface area contributed by atoms with Crippen molar-refractivity contribution in [1.29, 1.82) is 0 Å². The van der Waals surface area contributed by atoms with Crippen molar-refractivity contribution in [3.8, 4) is 5.75 Å². The lowest BCUT2D eigenvalue weighted by molar-refractivity contribution is -0.166. The summed E-state index contributed by atoms with van der Waals surface area (Å²) in [4.78, 5) is 11.8. The SMILES string of the molecule is COc1cnn(C)c1C(=O)C(C)(N)C(F)(F)F. The van der Waals surface area contributed by atoms with Crippen LogP contribution in [0.3, 0.4) is 0 Å². The molecule has 2 N–H and O–H groups in total. The number of carbonyl (C=O) groups is 1. The van der Waals surface area contributed by atoms with Gasteiger partial charge in [0.05, 0.1) is 13.3 Å². The molecule has 0 saturated carbocycles. The van der Waals surface area contributed by atoms with Crippen molar-refractivity contribution in [2.75, 3.05) is 7.11 Å². The van der Waals surface area contributed by atoms with Crippen molar-refractivity contribution >= 4 is 5.78 Å². The number of alkyl halides is 3. The Bertz CT molecular complexity index is 437. The topological polar surface area (TPSA) is 70.1 Å². The van der Waals surface area contributed by atoms with E-state index < -0.39 is 17.5 Å². The van der Waals surface area contributed by atoms with Gasteiger partial charge in [0.15, 0.2) is 11.3 Å². The molecule has 0 aliphatic carbocycles. The van der Waals surface area contributed by atoms with Gasteiger partial charge >= 0.3 is 6.18 Å². The minimum Gasteiger partial charge on any atom is -0.493 e. The molecule has 0 saturated heterocycles. The van der Waals surface area contributed by atoms with Crippen molar-refractivity contribution in [1.82, 2.24) is 9.78 Å². The molecule has 0 amide bonds. The number of nitrogens with zero attached hydrogens (tertiary/aromatic N) is 2. The van der Waals surface area contributed by atoms with Crippen LogP contribution in [0.2, 0.25) is 0 Å². The van der Waals surface area contributed by atoms with Gasteiger partial charge in [0.25, 0.3) is 0 Å². The van der Waals surface area contributed by atoms with Crippen LogP contribution in [0, 0.1) is 0 Å². The monoisotopic (exact) mass is 251 g/mol. The van der Waals surface area contributed by atoms with Gasteiger partial charge in [-0.05, 0) is 6.92 Å². The van der Waals surface area contributed by atoms with Crippen molar-refractivity contribution < 1.29 is 22.7 Å². The number of ether oxygens (including phenoxy) is 1. The molecule has 1 heterocycles. The van der Waals surface area contributed by atoms with Crippen molar-refractivity contribution in [2.45, 2.75) is 18.6 Å². The zero-order valence-electron chi connectivity index (χ0n) is 9.50. The molecule has 17 heavy (non-hydrogen) atoms. The third-order valence-corrected chi connectivity index (χ3v) is 2.40. The van der Waals surface area contributed by atoms with Crippen molar-refractivity contribution in [2.24, 2.45) is 12.8 Å². The first-order chi connectivity index (χ1) is 7.63. The van der Waals surface area contributed by atoms with Gasteiger partial charge in [0.2, 0.25) is 5.78 Å². The van der Waals surface area contributed by atoms with Crippen LogP contribution in [0.5, 0.6) is 5.75 Å². The fraction of sp³-hybridized carbons (Fsp3) is 0.556. The summed E-state index contributed by atoms with van der Waals surface area (Å²) >= 11 is 0. The third-order valence-electron chi connectivity index (χ3n) is 2.40. The van der Waals surface area contributed by atoms with E-state index in [1.807, 2.05) is 0 Å². The number of hydrogen-bond acceptors (Lipinski definition) is 4.